The maximum Gasteiger partial charge on any atom is 0.387 e. The van der Waals surface area contributed by atoms with E-state index in [1.165, 1.54) is 6.07 Å². The smallest absolute Gasteiger partial charge is 0.387 e. The summed E-state index contributed by atoms with van der Waals surface area (Å²) >= 11 is 0. The van der Waals surface area contributed by atoms with Gasteiger partial charge >= 0.3 is 6.61 Å². The van der Waals surface area contributed by atoms with Crippen LogP contribution in [0.15, 0.2) is 18.2 Å². The monoisotopic (exact) mass is 200 g/mol. The minimum atomic E-state index is -2.90. The number of carbonyl (C=O) groups is 1. The van der Waals surface area contributed by atoms with Crippen LogP contribution < -0.4 is 4.74 Å². The second-order valence-corrected chi connectivity index (χ2v) is 2.69. The molecule has 0 N–H and O–H groups in total. The summed E-state index contributed by atoms with van der Waals surface area (Å²) in [6.45, 7) is -1.09. The summed E-state index contributed by atoms with van der Waals surface area (Å²) in [4.78, 5) is 10.6. The molecule has 0 aliphatic rings. The number of rotatable bonds is 4. The SMILES string of the molecule is CCc1cccc(C=O)c1OC(F)F. The van der Waals surface area contributed by atoms with Gasteiger partial charge in [-0.15, -0.1) is 0 Å². The first-order valence-electron chi connectivity index (χ1n) is 4.21. The van der Waals surface area contributed by atoms with Crippen molar-refractivity contribution in [1.82, 2.24) is 0 Å². The summed E-state index contributed by atoms with van der Waals surface area (Å²) in [5, 5.41) is 0. The average molecular weight is 200 g/mol. The van der Waals surface area contributed by atoms with Gasteiger partial charge < -0.3 is 4.74 Å². The van der Waals surface area contributed by atoms with Crippen LogP contribution in [0.25, 0.3) is 0 Å². The molecule has 0 saturated heterocycles. The number of halogens is 2. The lowest BCUT2D eigenvalue weighted by Crippen LogP contribution is -2.06. The van der Waals surface area contributed by atoms with Crippen molar-refractivity contribution in [2.24, 2.45) is 0 Å². The van der Waals surface area contributed by atoms with E-state index < -0.39 is 6.61 Å². The highest BCUT2D eigenvalue weighted by molar-refractivity contribution is 5.80. The van der Waals surface area contributed by atoms with Crippen LogP contribution in [0.4, 0.5) is 8.78 Å². The van der Waals surface area contributed by atoms with Gasteiger partial charge in [0.2, 0.25) is 0 Å². The minimum absolute atomic E-state index is 0.0139. The van der Waals surface area contributed by atoms with Crippen LogP contribution in [-0.4, -0.2) is 12.9 Å². The Bertz CT molecular complexity index is 324. The zero-order valence-electron chi connectivity index (χ0n) is 7.67. The molecule has 1 rings (SSSR count). The topological polar surface area (TPSA) is 26.3 Å². The third-order valence-corrected chi connectivity index (χ3v) is 1.84. The molecule has 0 fully saturated rings. The molecule has 0 unspecified atom stereocenters. The van der Waals surface area contributed by atoms with Crippen LogP contribution in [-0.2, 0) is 6.42 Å². The van der Waals surface area contributed by atoms with Crippen LogP contribution >= 0.6 is 0 Å². The lowest BCUT2D eigenvalue weighted by atomic mass is 10.1. The Balaban J connectivity index is 3.12. The van der Waals surface area contributed by atoms with E-state index >= 15 is 0 Å². The van der Waals surface area contributed by atoms with Gasteiger partial charge in [0, 0.05) is 0 Å². The van der Waals surface area contributed by atoms with E-state index in [1.807, 2.05) is 6.92 Å². The average Bonchev–Trinajstić information content (AvgIpc) is 2.17. The number of alkyl halides is 2. The van der Waals surface area contributed by atoms with Crippen molar-refractivity contribution < 1.29 is 18.3 Å². The van der Waals surface area contributed by atoms with Gasteiger partial charge in [0.25, 0.3) is 0 Å². The molecule has 2 nitrogen and oxygen atoms in total. The number of ether oxygens (including phenoxy) is 1. The molecule has 0 atom stereocenters. The Hall–Kier alpha value is -1.45. The zero-order chi connectivity index (χ0) is 10.6. The van der Waals surface area contributed by atoms with Gasteiger partial charge in [-0.1, -0.05) is 19.1 Å². The van der Waals surface area contributed by atoms with E-state index in [0.717, 1.165) is 0 Å². The lowest BCUT2D eigenvalue weighted by molar-refractivity contribution is -0.0506. The number of aldehydes is 1. The lowest BCUT2D eigenvalue weighted by Gasteiger charge is -2.10. The molecule has 1 aromatic carbocycles. The predicted molar refractivity (Wildman–Crippen MR) is 47.8 cm³/mol. The van der Waals surface area contributed by atoms with E-state index in [9.17, 15) is 13.6 Å². The molecule has 76 valence electrons. The van der Waals surface area contributed by atoms with Gasteiger partial charge in [0.1, 0.15) is 5.75 Å². The number of hydrogen-bond donors (Lipinski definition) is 0. The fraction of sp³-hybridized carbons (Fsp3) is 0.300. The Kier molecular flexibility index (Phi) is 3.56. The number of hydrogen-bond acceptors (Lipinski definition) is 2. The highest BCUT2D eigenvalue weighted by Gasteiger charge is 2.12. The molecule has 0 heterocycles. The number of aryl methyl sites for hydroxylation is 1. The molecule has 0 aromatic heterocycles. The highest BCUT2D eigenvalue weighted by atomic mass is 19.3. The Morgan fingerprint density at radius 2 is 2.21 bits per heavy atom. The van der Waals surface area contributed by atoms with Crippen molar-refractivity contribution in [2.45, 2.75) is 20.0 Å². The number of carbonyl (C=O) groups excluding carboxylic acids is 1. The van der Waals surface area contributed by atoms with Crippen molar-refractivity contribution in [2.75, 3.05) is 0 Å². The van der Waals surface area contributed by atoms with E-state index in [2.05, 4.69) is 4.74 Å². The Morgan fingerprint density at radius 1 is 1.50 bits per heavy atom. The van der Waals surface area contributed by atoms with Gasteiger partial charge in [0.15, 0.2) is 6.29 Å². The van der Waals surface area contributed by atoms with E-state index in [-0.39, 0.29) is 11.3 Å². The van der Waals surface area contributed by atoms with Gasteiger partial charge in [-0.25, -0.2) is 0 Å². The highest BCUT2D eigenvalue weighted by Crippen LogP contribution is 2.24. The Labute approximate surface area is 80.5 Å². The number of para-hydroxylation sites is 1. The third kappa shape index (κ3) is 2.28. The molecule has 0 aliphatic carbocycles. The second kappa shape index (κ2) is 4.69. The Morgan fingerprint density at radius 3 is 2.71 bits per heavy atom. The fourth-order valence-corrected chi connectivity index (χ4v) is 1.21. The van der Waals surface area contributed by atoms with Gasteiger partial charge in [-0.2, -0.15) is 8.78 Å². The summed E-state index contributed by atoms with van der Waals surface area (Å²) in [5.74, 6) is -0.0139. The summed E-state index contributed by atoms with van der Waals surface area (Å²) < 4.78 is 28.3. The first-order valence-corrected chi connectivity index (χ1v) is 4.21. The molecule has 0 amide bonds. The quantitative estimate of drug-likeness (QED) is 0.698. The van der Waals surface area contributed by atoms with Gasteiger partial charge in [-0.05, 0) is 18.1 Å². The van der Waals surface area contributed by atoms with Crippen LogP contribution in [0.3, 0.4) is 0 Å². The predicted octanol–water partition coefficient (Wildman–Crippen LogP) is 2.66. The summed E-state index contributed by atoms with van der Waals surface area (Å²) in [5.41, 5.74) is 0.763. The molecule has 0 radical (unpaired) electrons. The largest absolute Gasteiger partial charge is 0.434 e. The van der Waals surface area contributed by atoms with Crippen LogP contribution in [0, 0.1) is 0 Å². The molecular formula is C10H10F2O2. The fourth-order valence-electron chi connectivity index (χ4n) is 1.21. The maximum absolute atomic E-state index is 12.0. The van der Waals surface area contributed by atoms with E-state index in [1.54, 1.807) is 12.1 Å². The van der Waals surface area contributed by atoms with Crippen molar-refractivity contribution in [3.05, 3.63) is 29.3 Å². The molecule has 4 heteroatoms. The van der Waals surface area contributed by atoms with Gasteiger partial charge in [0.05, 0.1) is 5.56 Å². The molecule has 14 heavy (non-hydrogen) atoms. The molecule has 1 aromatic rings. The maximum atomic E-state index is 12.0. The number of benzene rings is 1. The first-order chi connectivity index (χ1) is 6.69. The zero-order valence-corrected chi connectivity index (χ0v) is 7.67. The van der Waals surface area contributed by atoms with Crippen molar-refractivity contribution in [3.8, 4) is 5.75 Å². The van der Waals surface area contributed by atoms with Crippen LogP contribution in [0.2, 0.25) is 0 Å². The third-order valence-electron chi connectivity index (χ3n) is 1.84. The normalized spacial score (nSPS) is 10.3. The second-order valence-electron chi connectivity index (χ2n) is 2.69. The van der Waals surface area contributed by atoms with Crippen molar-refractivity contribution in [1.29, 1.82) is 0 Å². The molecule has 0 saturated carbocycles. The van der Waals surface area contributed by atoms with E-state index in [0.29, 0.717) is 18.3 Å². The summed E-state index contributed by atoms with van der Waals surface area (Å²) in [6, 6.07) is 4.75. The van der Waals surface area contributed by atoms with Gasteiger partial charge in [-0.3, -0.25) is 4.79 Å². The van der Waals surface area contributed by atoms with Crippen molar-refractivity contribution >= 4 is 6.29 Å². The van der Waals surface area contributed by atoms with E-state index in [4.69, 9.17) is 0 Å². The minimum Gasteiger partial charge on any atom is -0.434 e. The molecular weight excluding hydrogens is 190 g/mol. The van der Waals surface area contributed by atoms with Crippen LogP contribution in [0.5, 0.6) is 5.75 Å². The summed E-state index contributed by atoms with van der Waals surface area (Å²) in [6.07, 6.45) is 1.06. The molecule has 0 spiro atoms. The molecule has 0 bridgehead atoms. The van der Waals surface area contributed by atoms with Crippen molar-refractivity contribution in [3.63, 3.8) is 0 Å². The van der Waals surface area contributed by atoms with Crippen LogP contribution in [0.1, 0.15) is 22.8 Å². The summed E-state index contributed by atoms with van der Waals surface area (Å²) in [7, 11) is 0. The first kappa shape index (κ1) is 10.6. The molecule has 0 aliphatic heterocycles. The standard InChI is InChI=1S/C10H10F2O2/c1-2-7-4-3-5-8(6-13)9(7)14-10(11)12/h3-6,10H,2H2,1H3.